The number of ketones is 4. The maximum absolute atomic E-state index is 13.0. The normalized spacial score (nSPS) is 32.0. The van der Waals surface area contributed by atoms with Gasteiger partial charge in [0.25, 0.3) is 0 Å². The van der Waals surface area contributed by atoms with Crippen molar-refractivity contribution in [2.45, 2.75) is 68.6 Å². The number of Topliss-reactive ketones (excluding diaryl/α,β-unsaturated/α-hetero) is 4. The minimum absolute atomic E-state index is 0.0920. The lowest BCUT2D eigenvalue weighted by molar-refractivity contribution is -0.191. The molecule has 1 aliphatic heterocycles. The first-order chi connectivity index (χ1) is 25.0. The highest BCUT2D eigenvalue weighted by atomic mass is 32.3. The van der Waals surface area contributed by atoms with Crippen LogP contribution < -0.4 is 9.47 Å². The van der Waals surface area contributed by atoms with E-state index in [-0.39, 0.29) is 33.8 Å². The van der Waals surface area contributed by atoms with Gasteiger partial charge in [0.1, 0.15) is 64.7 Å². The van der Waals surface area contributed by atoms with Crippen LogP contribution in [0.1, 0.15) is 62.2 Å². The molecule has 0 saturated carbocycles. The van der Waals surface area contributed by atoms with E-state index < -0.39 is 121 Å². The average molecular weight is 777 g/mol. The third-order valence-corrected chi connectivity index (χ3v) is 10.9. The molecule has 0 bridgehead atoms. The minimum atomic E-state index is -4.56. The fourth-order valence-corrected chi connectivity index (χ4v) is 8.46. The highest BCUT2D eigenvalue weighted by Crippen LogP contribution is 2.49. The highest BCUT2D eigenvalue weighted by molar-refractivity contribution is 7.82. The zero-order chi connectivity index (χ0) is 40.1. The lowest BCUT2D eigenvalue weighted by Gasteiger charge is -2.45. The molecule has 19 nitrogen and oxygen atoms in total. The van der Waals surface area contributed by atoms with Gasteiger partial charge in [-0.15, -0.1) is 0 Å². The number of methoxy groups -OCH3 is 2. The molecule has 4 aliphatic carbocycles. The van der Waals surface area contributed by atoms with Crippen molar-refractivity contribution in [3.8, 4) is 23.0 Å². The van der Waals surface area contributed by atoms with Crippen molar-refractivity contribution in [1.29, 1.82) is 0 Å². The summed E-state index contributed by atoms with van der Waals surface area (Å²) in [5.41, 5.74) is -7.56. The van der Waals surface area contributed by atoms with E-state index in [2.05, 4.69) is 4.18 Å². The van der Waals surface area contributed by atoms with Crippen LogP contribution in [0.4, 0.5) is 0 Å². The SMILES string of the molecule is COc1cc(O)c2c(c1)C(=O)C1=C(C2=O)[C@@H](O)[C@H](OC(C)=O)[C@@](C)(O)[C@@H]1O.COc1cc(O)c2c(c1)C(=O)C1=C(C2=O)[C@@H](O)[C@H]2OS(=O)(=O)O[C@@]2(C)[C@@H]1O. The van der Waals surface area contributed by atoms with Crippen molar-refractivity contribution in [3.05, 3.63) is 68.8 Å². The number of esters is 1. The Morgan fingerprint density at radius 1 is 0.722 bits per heavy atom. The van der Waals surface area contributed by atoms with Crippen molar-refractivity contribution in [2.24, 2.45) is 0 Å². The first kappa shape index (κ1) is 38.7. The molecule has 2 aromatic carbocycles. The standard InChI is InChI=1S/C18H18O9.C16H14O10S/c1-6(19)27-17-15(23)11-12(16(24)18(17,2)25)13(21)8-4-7(26-3)5-9(20)10(8)14(11)22;1-16-14(21)10-9(13(20)15(16)25-27(22,23)26-16)12(19)8-6(11(10)18)3-5(24-2)4-7(8)17/h4-5,15-17,20,23-25H,1-3H3;3-4,13-15,17,20-21H,1-2H3/t15-,16-,17+,18+;13-,14-,15-,16+/m11/s1. The van der Waals surface area contributed by atoms with Crippen molar-refractivity contribution < 1.29 is 90.7 Å². The fourth-order valence-electron chi connectivity index (χ4n) is 7.25. The van der Waals surface area contributed by atoms with Crippen LogP contribution in [0.25, 0.3) is 0 Å². The molecule has 8 atom stereocenters. The quantitative estimate of drug-likeness (QED) is 0.179. The van der Waals surface area contributed by atoms with Crippen LogP contribution >= 0.6 is 0 Å². The minimum Gasteiger partial charge on any atom is -0.507 e. The van der Waals surface area contributed by atoms with E-state index in [1.165, 1.54) is 26.4 Å². The first-order valence-corrected chi connectivity index (χ1v) is 17.1. The largest absolute Gasteiger partial charge is 0.507 e. The summed E-state index contributed by atoms with van der Waals surface area (Å²) in [7, 11) is -1.96. The van der Waals surface area contributed by atoms with Crippen molar-refractivity contribution in [3.63, 3.8) is 0 Å². The number of carbonyl (C=O) groups excluding carboxylic acids is 5. The third-order valence-electron chi connectivity index (χ3n) is 9.90. The molecular formula is C34H32O19S. The van der Waals surface area contributed by atoms with Crippen LogP contribution in [0.3, 0.4) is 0 Å². The van der Waals surface area contributed by atoms with Crippen LogP contribution in [0.5, 0.6) is 23.0 Å². The smallest absolute Gasteiger partial charge is 0.401 e. The van der Waals surface area contributed by atoms with Gasteiger partial charge in [0.15, 0.2) is 29.2 Å². The van der Waals surface area contributed by atoms with Gasteiger partial charge in [-0.2, -0.15) is 8.42 Å². The number of ether oxygens (including phenoxy) is 3. The number of hydrogen-bond acceptors (Lipinski definition) is 19. The topological polar surface area (TPSA) is 307 Å². The lowest BCUT2D eigenvalue weighted by atomic mass is 9.68. The Morgan fingerprint density at radius 3 is 1.61 bits per heavy atom. The Balaban J connectivity index is 0.000000184. The molecule has 1 saturated heterocycles. The number of aromatic hydroxyl groups is 2. The van der Waals surface area contributed by atoms with Crippen molar-refractivity contribution in [1.82, 2.24) is 0 Å². The predicted octanol–water partition coefficient (Wildman–Crippen LogP) is -1.27. The van der Waals surface area contributed by atoms with E-state index in [4.69, 9.17) is 18.4 Å². The summed E-state index contributed by atoms with van der Waals surface area (Å²) >= 11 is 0. The number of carbonyl (C=O) groups is 5. The van der Waals surface area contributed by atoms with E-state index in [9.17, 15) is 68.1 Å². The van der Waals surface area contributed by atoms with Crippen molar-refractivity contribution in [2.75, 3.05) is 14.2 Å². The summed E-state index contributed by atoms with van der Waals surface area (Å²) < 4.78 is 47.7. The summed E-state index contributed by atoms with van der Waals surface area (Å²) in [6, 6.07) is 4.66. The van der Waals surface area contributed by atoms with Gasteiger partial charge >= 0.3 is 16.4 Å². The maximum Gasteiger partial charge on any atom is 0.401 e. The van der Waals surface area contributed by atoms with Gasteiger partial charge < -0.3 is 50.0 Å². The predicted molar refractivity (Wildman–Crippen MR) is 174 cm³/mol. The second-order valence-electron chi connectivity index (χ2n) is 13.3. The molecule has 288 valence electrons. The van der Waals surface area contributed by atoms with Gasteiger partial charge in [-0.25, -0.2) is 8.37 Å². The zero-order valence-electron chi connectivity index (χ0n) is 28.7. The second-order valence-corrected chi connectivity index (χ2v) is 14.4. The molecule has 20 heteroatoms. The van der Waals surface area contributed by atoms with E-state index in [0.29, 0.717) is 0 Å². The molecule has 0 unspecified atom stereocenters. The molecule has 0 radical (unpaired) electrons. The molecule has 1 fully saturated rings. The molecule has 5 aliphatic rings. The monoisotopic (exact) mass is 776 g/mol. The van der Waals surface area contributed by atoms with Gasteiger partial charge in [0, 0.05) is 52.5 Å². The average Bonchev–Trinajstić information content (AvgIpc) is 3.36. The Hall–Kier alpha value is -5.06. The summed E-state index contributed by atoms with van der Waals surface area (Å²) in [5.74, 6) is -5.34. The zero-order valence-corrected chi connectivity index (χ0v) is 29.5. The Morgan fingerprint density at radius 2 is 1.17 bits per heavy atom. The number of fused-ring (bicyclic) bond motifs is 3. The Bertz CT molecular complexity index is 2250. The molecule has 0 aromatic heterocycles. The fraction of sp³-hybridized carbons (Fsp3) is 0.382. The van der Waals surface area contributed by atoms with E-state index in [0.717, 1.165) is 32.9 Å². The Kier molecular flexibility index (Phi) is 9.14. The molecule has 0 spiro atoms. The number of hydrogen-bond donors (Lipinski definition) is 7. The summed E-state index contributed by atoms with van der Waals surface area (Å²) in [6.07, 6.45) is -10.9. The van der Waals surface area contributed by atoms with Crippen LogP contribution in [-0.4, -0.2) is 135 Å². The third kappa shape index (κ3) is 5.52. The van der Waals surface area contributed by atoms with Gasteiger partial charge in [-0.05, 0) is 26.0 Å². The van der Waals surface area contributed by atoms with Crippen LogP contribution in [0.2, 0.25) is 0 Å². The molecule has 2 aromatic rings. The number of phenols is 2. The van der Waals surface area contributed by atoms with Gasteiger partial charge in [0.2, 0.25) is 0 Å². The second kappa shape index (κ2) is 12.8. The van der Waals surface area contributed by atoms with E-state index >= 15 is 0 Å². The molecule has 1 heterocycles. The number of aliphatic hydroxyl groups is 5. The van der Waals surface area contributed by atoms with E-state index in [1.807, 2.05) is 0 Å². The summed E-state index contributed by atoms with van der Waals surface area (Å²) in [6.45, 7) is 3.26. The van der Waals surface area contributed by atoms with Crippen LogP contribution in [0.15, 0.2) is 46.6 Å². The van der Waals surface area contributed by atoms with Gasteiger partial charge in [-0.1, -0.05) is 0 Å². The number of phenolic OH excluding ortho intramolecular Hbond substituents is 2. The van der Waals surface area contributed by atoms with Crippen molar-refractivity contribution >= 4 is 39.5 Å². The summed E-state index contributed by atoms with van der Waals surface area (Å²) in [4.78, 5) is 63.0. The molecule has 54 heavy (non-hydrogen) atoms. The summed E-state index contributed by atoms with van der Waals surface area (Å²) in [5, 5.41) is 73.3. The highest BCUT2D eigenvalue weighted by Gasteiger charge is 2.65. The number of benzene rings is 2. The first-order valence-electron chi connectivity index (χ1n) is 15.8. The van der Waals surface area contributed by atoms with Crippen LogP contribution in [-0.2, 0) is 28.3 Å². The molecular weight excluding hydrogens is 744 g/mol. The number of aliphatic hydroxyl groups excluding tert-OH is 4. The maximum atomic E-state index is 13.0. The van der Waals surface area contributed by atoms with E-state index in [1.54, 1.807) is 0 Å². The van der Waals surface area contributed by atoms with Gasteiger partial charge in [0.05, 0.1) is 25.3 Å². The lowest BCUT2D eigenvalue weighted by Crippen LogP contribution is -2.63. The Labute approximate surface area is 304 Å². The van der Waals surface area contributed by atoms with Crippen LogP contribution in [0, 0.1) is 0 Å². The number of rotatable bonds is 3. The molecule has 0 amide bonds. The molecule has 7 N–H and O–H groups in total. The molecule has 7 rings (SSSR count). The van der Waals surface area contributed by atoms with Gasteiger partial charge in [-0.3, -0.25) is 24.0 Å².